The quantitative estimate of drug-likeness (QED) is 0.695. The molecular weight excluding hydrogens is 334 g/mol. The van der Waals surface area contributed by atoms with Crippen LogP contribution < -0.4 is 5.32 Å². The molecule has 1 heterocycles. The van der Waals surface area contributed by atoms with Crippen LogP contribution in [0.1, 0.15) is 44.1 Å². The number of para-hydroxylation sites is 2. The van der Waals surface area contributed by atoms with Gasteiger partial charge in [-0.15, -0.1) is 0 Å². The van der Waals surface area contributed by atoms with E-state index in [9.17, 15) is 4.79 Å². The van der Waals surface area contributed by atoms with Gasteiger partial charge in [-0.2, -0.15) is 0 Å². The summed E-state index contributed by atoms with van der Waals surface area (Å²) >= 11 is 6.00. The first-order valence-corrected chi connectivity index (χ1v) is 8.99. The van der Waals surface area contributed by atoms with Gasteiger partial charge in [0.05, 0.1) is 17.1 Å². The van der Waals surface area contributed by atoms with Gasteiger partial charge in [-0.3, -0.25) is 4.79 Å². The Morgan fingerprint density at radius 3 is 2.56 bits per heavy atom. The van der Waals surface area contributed by atoms with Crippen LogP contribution >= 0.6 is 11.6 Å². The molecule has 0 bridgehead atoms. The number of nitrogens with zero attached hydrogens (tertiary/aromatic N) is 2. The van der Waals surface area contributed by atoms with Gasteiger partial charge in [0.15, 0.2) is 0 Å². The lowest BCUT2D eigenvalue weighted by Crippen LogP contribution is -2.29. The Morgan fingerprint density at radius 1 is 1.16 bits per heavy atom. The van der Waals surface area contributed by atoms with E-state index in [1.54, 1.807) is 0 Å². The highest BCUT2D eigenvalue weighted by Crippen LogP contribution is 2.24. The average Bonchev–Trinajstić information content (AvgIpc) is 2.99. The van der Waals surface area contributed by atoms with Crippen LogP contribution in [-0.2, 0) is 11.3 Å². The second-order valence-electron chi connectivity index (χ2n) is 6.05. The third-order valence-electron chi connectivity index (χ3n) is 4.31. The number of carbonyl (C=O) groups is 1. The number of benzene rings is 2. The van der Waals surface area contributed by atoms with E-state index in [1.807, 2.05) is 49.4 Å². The van der Waals surface area contributed by atoms with Crippen molar-refractivity contribution in [1.29, 1.82) is 0 Å². The molecule has 5 heteroatoms. The minimum absolute atomic E-state index is 0.0388. The van der Waals surface area contributed by atoms with Crippen LogP contribution in [0, 0.1) is 0 Å². The van der Waals surface area contributed by atoms with E-state index in [4.69, 9.17) is 16.6 Å². The maximum Gasteiger partial charge on any atom is 0.220 e. The van der Waals surface area contributed by atoms with E-state index >= 15 is 0 Å². The summed E-state index contributed by atoms with van der Waals surface area (Å²) in [6, 6.07) is 15.8. The summed E-state index contributed by atoms with van der Waals surface area (Å²) in [6.45, 7) is 4.61. The molecule has 1 amide bonds. The molecule has 130 valence electrons. The van der Waals surface area contributed by atoms with Gasteiger partial charge in [-0.05, 0) is 36.2 Å². The molecule has 4 nitrogen and oxygen atoms in total. The van der Waals surface area contributed by atoms with E-state index in [-0.39, 0.29) is 11.9 Å². The van der Waals surface area contributed by atoms with E-state index < -0.39 is 0 Å². The van der Waals surface area contributed by atoms with Crippen molar-refractivity contribution in [3.05, 3.63) is 64.9 Å². The number of halogens is 1. The van der Waals surface area contributed by atoms with Crippen molar-refractivity contribution in [3.63, 3.8) is 0 Å². The zero-order chi connectivity index (χ0) is 17.8. The van der Waals surface area contributed by atoms with Gasteiger partial charge in [0.25, 0.3) is 0 Å². The van der Waals surface area contributed by atoms with Crippen LogP contribution in [0.5, 0.6) is 0 Å². The molecule has 1 N–H and O–H groups in total. The summed E-state index contributed by atoms with van der Waals surface area (Å²) in [4.78, 5) is 16.7. The highest BCUT2D eigenvalue weighted by atomic mass is 35.5. The fourth-order valence-electron chi connectivity index (χ4n) is 2.94. The molecule has 25 heavy (non-hydrogen) atoms. The van der Waals surface area contributed by atoms with Crippen LogP contribution in [0.2, 0.25) is 5.02 Å². The molecule has 2 aromatic carbocycles. The van der Waals surface area contributed by atoms with Crippen molar-refractivity contribution in [3.8, 4) is 0 Å². The fourth-order valence-corrected chi connectivity index (χ4v) is 3.07. The van der Waals surface area contributed by atoms with Gasteiger partial charge in [0, 0.05) is 18.0 Å². The summed E-state index contributed by atoms with van der Waals surface area (Å²) in [5, 5.41) is 3.81. The van der Waals surface area contributed by atoms with Crippen LogP contribution in [0.25, 0.3) is 11.0 Å². The Bertz CT molecular complexity index is 870. The fraction of sp³-hybridized carbons (Fsp3) is 0.300. The molecule has 0 saturated heterocycles. The molecule has 3 rings (SSSR count). The Kier molecular flexibility index (Phi) is 5.39. The lowest BCUT2D eigenvalue weighted by atomic mass is 10.1. The Hall–Kier alpha value is -2.33. The number of hydrogen-bond donors (Lipinski definition) is 1. The van der Waals surface area contributed by atoms with Crippen molar-refractivity contribution in [2.45, 2.75) is 39.3 Å². The predicted octanol–water partition coefficient (Wildman–Crippen LogP) is 4.72. The Morgan fingerprint density at radius 2 is 1.88 bits per heavy atom. The highest BCUT2D eigenvalue weighted by Gasteiger charge is 2.20. The molecule has 0 saturated carbocycles. The summed E-state index contributed by atoms with van der Waals surface area (Å²) in [5.41, 5.74) is 3.15. The van der Waals surface area contributed by atoms with Crippen molar-refractivity contribution in [2.24, 2.45) is 0 Å². The summed E-state index contributed by atoms with van der Waals surface area (Å²) in [7, 11) is 0. The number of fused-ring (bicyclic) bond motifs is 1. The molecule has 0 spiro atoms. The number of hydrogen-bond acceptors (Lipinski definition) is 2. The number of imidazole rings is 1. The van der Waals surface area contributed by atoms with Crippen molar-refractivity contribution < 1.29 is 4.79 Å². The summed E-state index contributed by atoms with van der Waals surface area (Å²) in [6.07, 6.45) is 1.25. The first kappa shape index (κ1) is 17.5. The monoisotopic (exact) mass is 355 g/mol. The van der Waals surface area contributed by atoms with Crippen molar-refractivity contribution in [2.75, 3.05) is 0 Å². The van der Waals surface area contributed by atoms with Crippen LogP contribution in [0.4, 0.5) is 0 Å². The first-order chi connectivity index (χ1) is 12.1. The SMILES string of the molecule is CCC(=O)NC(CC)c1nc2ccccc2n1Cc1ccc(Cl)cc1. The van der Waals surface area contributed by atoms with E-state index in [2.05, 4.69) is 22.9 Å². The second-order valence-corrected chi connectivity index (χ2v) is 6.49. The molecular formula is C20H22ClN3O. The van der Waals surface area contributed by atoms with Gasteiger partial charge >= 0.3 is 0 Å². The highest BCUT2D eigenvalue weighted by molar-refractivity contribution is 6.30. The van der Waals surface area contributed by atoms with E-state index in [0.717, 1.165) is 33.9 Å². The molecule has 0 radical (unpaired) electrons. The zero-order valence-corrected chi connectivity index (χ0v) is 15.3. The molecule has 0 aliphatic rings. The van der Waals surface area contributed by atoms with Gasteiger partial charge < -0.3 is 9.88 Å². The normalized spacial score (nSPS) is 12.3. The number of nitrogens with one attached hydrogen (secondary N) is 1. The maximum atomic E-state index is 11.9. The number of rotatable bonds is 6. The molecule has 0 aliphatic heterocycles. The zero-order valence-electron chi connectivity index (χ0n) is 14.5. The molecule has 1 unspecified atom stereocenters. The molecule has 3 aromatic rings. The standard InChI is InChI=1S/C20H22ClN3O/c1-3-16(22-19(25)4-2)20-23-17-7-5-6-8-18(17)24(20)13-14-9-11-15(21)12-10-14/h5-12,16H,3-4,13H2,1-2H3,(H,22,25). The topological polar surface area (TPSA) is 46.9 Å². The van der Waals surface area contributed by atoms with E-state index in [0.29, 0.717) is 13.0 Å². The van der Waals surface area contributed by atoms with Crippen molar-refractivity contribution >= 4 is 28.5 Å². The number of carbonyl (C=O) groups excluding carboxylic acids is 1. The predicted molar refractivity (Wildman–Crippen MR) is 102 cm³/mol. The third-order valence-corrected chi connectivity index (χ3v) is 4.57. The smallest absolute Gasteiger partial charge is 0.220 e. The Labute approximate surface area is 152 Å². The molecule has 0 fully saturated rings. The van der Waals surface area contributed by atoms with Gasteiger partial charge in [0.1, 0.15) is 5.82 Å². The number of amides is 1. The third kappa shape index (κ3) is 3.85. The number of aromatic nitrogens is 2. The average molecular weight is 356 g/mol. The molecule has 1 atom stereocenters. The van der Waals surface area contributed by atoms with Gasteiger partial charge in [0.2, 0.25) is 5.91 Å². The Balaban J connectivity index is 2.04. The van der Waals surface area contributed by atoms with E-state index in [1.165, 1.54) is 0 Å². The van der Waals surface area contributed by atoms with Crippen LogP contribution in [-0.4, -0.2) is 15.5 Å². The summed E-state index contributed by atoms with van der Waals surface area (Å²) < 4.78 is 2.18. The lowest BCUT2D eigenvalue weighted by Gasteiger charge is -2.18. The van der Waals surface area contributed by atoms with Gasteiger partial charge in [-0.1, -0.05) is 49.7 Å². The molecule has 1 aromatic heterocycles. The largest absolute Gasteiger partial charge is 0.346 e. The van der Waals surface area contributed by atoms with Crippen LogP contribution in [0.3, 0.4) is 0 Å². The summed E-state index contributed by atoms with van der Waals surface area (Å²) in [5.74, 6) is 0.928. The van der Waals surface area contributed by atoms with Crippen LogP contribution in [0.15, 0.2) is 48.5 Å². The van der Waals surface area contributed by atoms with Crippen molar-refractivity contribution in [1.82, 2.24) is 14.9 Å². The first-order valence-electron chi connectivity index (χ1n) is 8.61. The minimum Gasteiger partial charge on any atom is -0.346 e. The lowest BCUT2D eigenvalue weighted by molar-refractivity contribution is -0.121. The minimum atomic E-state index is -0.104. The van der Waals surface area contributed by atoms with Gasteiger partial charge in [-0.25, -0.2) is 4.98 Å². The molecule has 0 aliphatic carbocycles. The second kappa shape index (κ2) is 7.70. The maximum absolute atomic E-state index is 11.9.